The summed E-state index contributed by atoms with van der Waals surface area (Å²) in [6.07, 6.45) is 13.0. The standard InChI is InChI=1S/C9H16.C5H10/c1-4-6-7-8-9(3)5-2;1-3-5-4-2/h5-7,9H,2,4,8H2,1,3H3;3H,1,4-5H2,2H3. The highest BCUT2D eigenvalue weighted by atomic mass is 13.9. The first-order valence-corrected chi connectivity index (χ1v) is 5.61. The molecule has 0 saturated carbocycles. The Kier molecular flexibility index (Phi) is 16.5. The van der Waals surface area contributed by atoms with Crippen molar-refractivity contribution >= 4 is 0 Å². The second kappa shape index (κ2) is 14.7. The summed E-state index contributed by atoms with van der Waals surface area (Å²) >= 11 is 0. The first-order valence-electron chi connectivity index (χ1n) is 5.61. The first-order chi connectivity index (χ1) is 6.72. The highest BCUT2D eigenvalue weighted by Gasteiger charge is 1.88. The first kappa shape index (κ1) is 15.7. The lowest BCUT2D eigenvalue weighted by molar-refractivity contribution is 0.745. The monoisotopic (exact) mass is 194 g/mol. The Morgan fingerprint density at radius 3 is 2.07 bits per heavy atom. The van der Waals surface area contributed by atoms with E-state index in [1.807, 2.05) is 12.2 Å². The molecule has 1 unspecified atom stereocenters. The normalized spacial score (nSPS) is 11.6. The molecule has 0 radical (unpaired) electrons. The average Bonchev–Trinajstić information content (AvgIpc) is 2.20. The zero-order valence-electron chi connectivity index (χ0n) is 10.1. The van der Waals surface area contributed by atoms with Gasteiger partial charge < -0.3 is 0 Å². The van der Waals surface area contributed by atoms with Crippen LogP contribution in [0.4, 0.5) is 0 Å². The van der Waals surface area contributed by atoms with E-state index in [1.165, 1.54) is 6.42 Å². The van der Waals surface area contributed by atoms with E-state index in [2.05, 4.69) is 46.1 Å². The van der Waals surface area contributed by atoms with Gasteiger partial charge in [0.2, 0.25) is 0 Å². The minimum atomic E-state index is 0.632. The third-order valence-electron chi connectivity index (χ3n) is 1.81. The minimum absolute atomic E-state index is 0.632. The van der Waals surface area contributed by atoms with Crippen LogP contribution in [0, 0.1) is 5.92 Å². The van der Waals surface area contributed by atoms with E-state index in [4.69, 9.17) is 0 Å². The van der Waals surface area contributed by atoms with Crippen molar-refractivity contribution in [1.29, 1.82) is 0 Å². The molecule has 0 aromatic carbocycles. The van der Waals surface area contributed by atoms with Crippen molar-refractivity contribution in [1.82, 2.24) is 0 Å². The van der Waals surface area contributed by atoms with Gasteiger partial charge in [0, 0.05) is 0 Å². The fraction of sp³-hybridized carbons (Fsp3) is 0.571. The predicted octanol–water partition coefficient (Wildman–Crippen LogP) is 5.14. The summed E-state index contributed by atoms with van der Waals surface area (Å²) in [5, 5.41) is 0. The third-order valence-corrected chi connectivity index (χ3v) is 1.81. The van der Waals surface area contributed by atoms with Crippen LogP contribution in [0.1, 0.15) is 46.5 Å². The van der Waals surface area contributed by atoms with Crippen LogP contribution < -0.4 is 0 Å². The van der Waals surface area contributed by atoms with Crippen molar-refractivity contribution in [2.75, 3.05) is 0 Å². The van der Waals surface area contributed by atoms with Crippen LogP contribution in [0.5, 0.6) is 0 Å². The number of hydrogen-bond acceptors (Lipinski definition) is 0. The van der Waals surface area contributed by atoms with Crippen molar-refractivity contribution in [2.45, 2.75) is 46.5 Å². The zero-order valence-corrected chi connectivity index (χ0v) is 10.1. The van der Waals surface area contributed by atoms with Crippen LogP contribution in [0.25, 0.3) is 0 Å². The fourth-order valence-corrected chi connectivity index (χ4v) is 0.778. The molecule has 0 aromatic heterocycles. The SMILES string of the molecule is C=CC(C)CC=CCC.C=CCCC. The van der Waals surface area contributed by atoms with Gasteiger partial charge in [0.1, 0.15) is 0 Å². The predicted molar refractivity (Wildman–Crippen MR) is 68.5 cm³/mol. The van der Waals surface area contributed by atoms with Crippen LogP contribution >= 0.6 is 0 Å². The molecule has 0 saturated heterocycles. The summed E-state index contributed by atoms with van der Waals surface area (Å²) in [6.45, 7) is 13.7. The maximum atomic E-state index is 3.71. The van der Waals surface area contributed by atoms with Gasteiger partial charge in [0.25, 0.3) is 0 Å². The molecule has 0 heteroatoms. The third kappa shape index (κ3) is 17.3. The van der Waals surface area contributed by atoms with Gasteiger partial charge in [-0.3, -0.25) is 0 Å². The number of unbranched alkanes of at least 4 members (excludes halogenated alkanes) is 1. The highest BCUT2D eigenvalue weighted by molar-refractivity contribution is 4.87. The van der Waals surface area contributed by atoms with Gasteiger partial charge >= 0.3 is 0 Å². The van der Waals surface area contributed by atoms with Gasteiger partial charge in [0.05, 0.1) is 0 Å². The van der Waals surface area contributed by atoms with Gasteiger partial charge in [-0.05, 0) is 25.2 Å². The van der Waals surface area contributed by atoms with Crippen molar-refractivity contribution < 1.29 is 0 Å². The molecule has 0 heterocycles. The second-order valence-corrected chi connectivity index (χ2v) is 3.41. The summed E-state index contributed by atoms with van der Waals surface area (Å²) < 4.78 is 0. The van der Waals surface area contributed by atoms with E-state index < -0.39 is 0 Å². The van der Waals surface area contributed by atoms with Crippen LogP contribution in [0.15, 0.2) is 37.5 Å². The summed E-state index contributed by atoms with van der Waals surface area (Å²) in [6, 6.07) is 0. The fourth-order valence-electron chi connectivity index (χ4n) is 0.778. The molecule has 0 bridgehead atoms. The Morgan fingerprint density at radius 2 is 1.79 bits per heavy atom. The van der Waals surface area contributed by atoms with E-state index in [1.54, 1.807) is 0 Å². The summed E-state index contributed by atoms with van der Waals surface area (Å²) in [5.41, 5.74) is 0. The van der Waals surface area contributed by atoms with Gasteiger partial charge in [0.15, 0.2) is 0 Å². The van der Waals surface area contributed by atoms with Gasteiger partial charge in [-0.15, -0.1) is 13.2 Å². The van der Waals surface area contributed by atoms with E-state index in [0.717, 1.165) is 19.3 Å². The van der Waals surface area contributed by atoms with Crippen molar-refractivity contribution in [2.24, 2.45) is 5.92 Å². The van der Waals surface area contributed by atoms with Crippen LogP contribution in [0.3, 0.4) is 0 Å². The second-order valence-electron chi connectivity index (χ2n) is 3.41. The van der Waals surface area contributed by atoms with E-state index in [0.29, 0.717) is 5.92 Å². The van der Waals surface area contributed by atoms with E-state index in [-0.39, 0.29) is 0 Å². The molecule has 82 valence electrons. The molecule has 0 aliphatic carbocycles. The summed E-state index contributed by atoms with van der Waals surface area (Å²) in [5.74, 6) is 0.632. The Labute approximate surface area is 90.4 Å². The minimum Gasteiger partial charge on any atom is -0.103 e. The molecule has 0 amide bonds. The Bertz CT molecular complexity index is 142. The topological polar surface area (TPSA) is 0 Å². The average molecular weight is 194 g/mol. The quantitative estimate of drug-likeness (QED) is 0.514. The van der Waals surface area contributed by atoms with Gasteiger partial charge in [-0.1, -0.05) is 51.5 Å². The lowest BCUT2D eigenvalue weighted by Crippen LogP contribution is -1.83. The molecule has 0 spiro atoms. The van der Waals surface area contributed by atoms with Crippen LogP contribution in [-0.4, -0.2) is 0 Å². The van der Waals surface area contributed by atoms with Crippen molar-refractivity contribution in [3.05, 3.63) is 37.5 Å². The molecule has 0 aliphatic heterocycles. The van der Waals surface area contributed by atoms with Crippen LogP contribution in [-0.2, 0) is 0 Å². The molecule has 0 aliphatic rings. The molecule has 0 fully saturated rings. The molecule has 0 N–H and O–H groups in total. The van der Waals surface area contributed by atoms with Gasteiger partial charge in [-0.25, -0.2) is 0 Å². The van der Waals surface area contributed by atoms with E-state index in [9.17, 15) is 0 Å². The maximum absolute atomic E-state index is 3.71. The maximum Gasteiger partial charge on any atom is -0.0230 e. The van der Waals surface area contributed by atoms with Crippen molar-refractivity contribution in [3.8, 4) is 0 Å². The Balaban J connectivity index is 0. The largest absolute Gasteiger partial charge is 0.103 e. The Hall–Kier alpha value is -0.780. The number of allylic oxidation sites excluding steroid dienone is 4. The Morgan fingerprint density at radius 1 is 1.14 bits per heavy atom. The summed E-state index contributed by atoms with van der Waals surface area (Å²) in [7, 11) is 0. The van der Waals surface area contributed by atoms with Crippen LogP contribution in [0.2, 0.25) is 0 Å². The number of hydrogen-bond donors (Lipinski definition) is 0. The molecule has 14 heavy (non-hydrogen) atoms. The van der Waals surface area contributed by atoms with Crippen molar-refractivity contribution in [3.63, 3.8) is 0 Å². The molecule has 0 rings (SSSR count). The lowest BCUT2D eigenvalue weighted by Gasteiger charge is -1.97. The molecule has 1 atom stereocenters. The molecule has 0 aromatic rings. The van der Waals surface area contributed by atoms with Gasteiger partial charge in [-0.2, -0.15) is 0 Å². The molecular formula is C14H26. The smallest absolute Gasteiger partial charge is 0.0230 e. The summed E-state index contributed by atoms with van der Waals surface area (Å²) in [4.78, 5) is 0. The molecule has 0 nitrogen and oxygen atoms in total. The lowest BCUT2D eigenvalue weighted by atomic mass is 10.1. The number of rotatable bonds is 6. The zero-order chi connectivity index (χ0) is 11.2. The highest BCUT2D eigenvalue weighted by Crippen LogP contribution is 2.02. The molecular weight excluding hydrogens is 168 g/mol. The van der Waals surface area contributed by atoms with E-state index >= 15 is 0 Å².